The Kier molecular flexibility index (Phi) is 5.22. The van der Waals surface area contributed by atoms with Crippen molar-refractivity contribution in [3.8, 4) is 5.75 Å². The van der Waals surface area contributed by atoms with Crippen LogP contribution >= 0.6 is 0 Å². The maximum Gasteiger partial charge on any atom is 0.237 e. The summed E-state index contributed by atoms with van der Waals surface area (Å²) in [4.78, 5) is 39.7. The highest BCUT2D eigenvalue weighted by molar-refractivity contribution is 6.22. The molecular weight excluding hydrogens is 366 g/mol. The summed E-state index contributed by atoms with van der Waals surface area (Å²) in [7, 11) is 0. The second-order valence-electron chi connectivity index (χ2n) is 8.13. The molecule has 29 heavy (non-hydrogen) atoms. The van der Waals surface area contributed by atoms with Gasteiger partial charge in [0.25, 0.3) is 0 Å². The Hall–Kier alpha value is -2.95. The zero-order chi connectivity index (χ0) is 20.5. The summed E-state index contributed by atoms with van der Waals surface area (Å²) in [5, 5.41) is 0. The third kappa shape index (κ3) is 3.69. The van der Waals surface area contributed by atoms with Gasteiger partial charge in [0.1, 0.15) is 5.75 Å². The number of anilines is 1. The van der Waals surface area contributed by atoms with Crippen molar-refractivity contribution in [2.45, 2.75) is 39.2 Å². The van der Waals surface area contributed by atoms with E-state index in [1.165, 1.54) is 4.90 Å². The molecule has 150 valence electrons. The lowest BCUT2D eigenvalue weighted by Crippen LogP contribution is -2.31. The van der Waals surface area contributed by atoms with Gasteiger partial charge in [-0.15, -0.1) is 0 Å². The van der Waals surface area contributed by atoms with E-state index in [4.69, 9.17) is 4.74 Å². The van der Waals surface area contributed by atoms with Crippen LogP contribution in [-0.2, 0) is 9.59 Å². The van der Waals surface area contributed by atoms with Crippen molar-refractivity contribution in [2.24, 2.45) is 17.8 Å². The molecule has 1 saturated carbocycles. The molecule has 4 atom stereocenters. The van der Waals surface area contributed by atoms with Crippen LogP contribution < -0.4 is 9.64 Å². The molecule has 1 heterocycles. The summed E-state index contributed by atoms with van der Waals surface area (Å²) in [6, 6.07) is 15.9. The molecule has 1 aliphatic carbocycles. The highest BCUT2D eigenvalue weighted by Crippen LogP contribution is 2.42. The summed E-state index contributed by atoms with van der Waals surface area (Å²) in [6.07, 6.45) is 1.84. The molecule has 5 nitrogen and oxygen atoms in total. The van der Waals surface area contributed by atoms with E-state index < -0.39 is 6.10 Å². The predicted octanol–water partition coefficient (Wildman–Crippen LogP) is 4.26. The van der Waals surface area contributed by atoms with Crippen molar-refractivity contribution in [3.05, 3.63) is 60.2 Å². The lowest BCUT2D eigenvalue weighted by Gasteiger charge is -2.25. The Balaban J connectivity index is 1.52. The topological polar surface area (TPSA) is 63.7 Å². The van der Waals surface area contributed by atoms with E-state index in [9.17, 15) is 14.4 Å². The van der Waals surface area contributed by atoms with Gasteiger partial charge in [0.2, 0.25) is 17.6 Å². The average Bonchev–Trinajstić information content (AvgIpc) is 2.98. The number of rotatable bonds is 5. The van der Waals surface area contributed by atoms with Crippen LogP contribution in [0.4, 0.5) is 5.69 Å². The third-order valence-electron chi connectivity index (χ3n) is 6.00. The van der Waals surface area contributed by atoms with Crippen LogP contribution in [0, 0.1) is 17.8 Å². The van der Waals surface area contributed by atoms with Gasteiger partial charge >= 0.3 is 0 Å². The number of ether oxygens (including phenoxy) is 1. The quantitative estimate of drug-likeness (QED) is 0.564. The number of Topliss-reactive ketones (excluding diaryl/α,β-unsaturated/α-hetero) is 1. The second-order valence-corrected chi connectivity index (χ2v) is 8.13. The molecule has 0 bridgehead atoms. The Labute approximate surface area is 170 Å². The standard InChI is InChI=1S/C24H25NO4/c1-15-11-12-20-21(13-15)24(28)25(23(20)27)18-9-6-10-19(14-18)29-16(2)22(26)17-7-4-3-5-8-17/h3-10,14-16,20-21H,11-13H2,1-2H3/t15-,16-,20-,21+/m0/s1. The van der Waals surface area contributed by atoms with Crippen molar-refractivity contribution in [3.63, 3.8) is 0 Å². The largest absolute Gasteiger partial charge is 0.482 e. The number of hydrogen-bond acceptors (Lipinski definition) is 4. The van der Waals surface area contributed by atoms with Crippen molar-refractivity contribution in [2.75, 3.05) is 4.90 Å². The van der Waals surface area contributed by atoms with Gasteiger partial charge in [0.15, 0.2) is 6.10 Å². The highest BCUT2D eigenvalue weighted by Gasteiger charge is 2.50. The first-order valence-electron chi connectivity index (χ1n) is 10.2. The number of hydrogen-bond donors (Lipinski definition) is 0. The first-order valence-corrected chi connectivity index (χ1v) is 10.2. The summed E-state index contributed by atoms with van der Waals surface area (Å²) >= 11 is 0. The summed E-state index contributed by atoms with van der Waals surface area (Å²) in [5.41, 5.74) is 1.10. The van der Waals surface area contributed by atoms with E-state index in [0.717, 1.165) is 19.3 Å². The van der Waals surface area contributed by atoms with Crippen LogP contribution in [0.1, 0.15) is 43.5 Å². The lowest BCUT2D eigenvalue weighted by atomic mass is 9.76. The Morgan fingerprint density at radius 2 is 1.72 bits per heavy atom. The first kappa shape index (κ1) is 19.4. The van der Waals surface area contributed by atoms with Crippen LogP contribution in [0.15, 0.2) is 54.6 Å². The molecule has 1 aliphatic heterocycles. The number of nitrogens with zero attached hydrogens (tertiary/aromatic N) is 1. The molecule has 0 aromatic heterocycles. The molecule has 2 fully saturated rings. The van der Waals surface area contributed by atoms with Crippen LogP contribution in [-0.4, -0.2) is 23.7 Å². The van der Waals surface area contributed by atoms with Crippen molar-refractivity contribution >= 4 is 23.3 Å². The van der Waals surface area contributed by atoms with Crippen molar-refractivity contribution in [1.29, 1.82) is 0 Å². The minimum atomic E-state index is -0.680. The Morgan fingerprint density at radius 3 is 2.48 bits per heavy atom. The van der Waals surface area contributed by atoms with Gasteiger partial charge in [-0.1, -0.05) is 43.3 Å². The molecule has 0 spiro atoms. The number of imide groups is 1. The fraction of sp³-hybridized carbons (Fsp3) is 0.375. The number of carbonyl (C=O) groups excluding carboxylic acids is 3. The molecule has 0 N–H and O–H groups in total. The molecule has 2 amide bonds. The third-order valence-corrected chi connectivity index (χ3v) is 6.00. The van der Waals surface area contributed by atoms with E-state index >= 15 is 0 Å². The predicted molar refractivity (Wildman–Crippen MR) is 110 cm³/mol. The van der Waals surface area contributed by atoms with Gasteiger partial charge in [-0.25, -0.2) is 4.90 Å². The van der Waals surface area contributed by atoms with E-state index in [0.29, 0.717) is 22.9 Å². The lowest BCUT2D eigenvalue weighted by molar-refractivity contribution is -0.122. The highest BCUT2D eigenvalue weighted by atomic mass is 16.5. The van der Waals surface area contributed by atoms with Crippen LogP contribution in [0.2, 0.25) is 0 Å². The summed E-state index contributed by atoms with van der Waals surface area (Å²) in [5.74, 6) is 0.158. The van der Waals surface area contributed by atoms with Gasteiger partial charge in [-0.05, 0) is 44.2 Å². The zero-order valence-corrected chi connectivity index (χ0v) is 16.7. The minimum Gasteiger partial charge on any atom is -0.482 e. The molecule has 0 unspecified atom stereocenters. The van der Waals surface area contributed by atoms with Gasteiger partial charge in [-0.3, -0.25) is 14.4 Å². The minimum absolute atomic E-state index is 0.113. The molecule has 4 rings (SSSR count). The van der Waals surface area contributed by atoms with Gasteiger partial charge < -0.3 is 4.74 Å². The van der Waals surface area contributed by atoms with E-state index in [-0.39, 0.29) is 29.4 Å². The van der Waals surface area contributed by atoms with Crippen molar-refractivity contribution in [1.82, 2.24) is 0 Å². The Morgan fingerprint density at radius 1 is 1.00 bits per heavy atom. The molecule has 5 heteroatoms. The molecule has 2 aliphatic rings. The average molecular weight is 391 g/mol. The number of ketones is 1. The smallest absolute Gasteiger partial charge is 0.237 e. The Bertz CT molecular complexity index is 939. The normalized spacial score (nSPS) is 24.9. The fourth-order valence-corrected chi connectivity index (χ4v) is 4.43. The summed E-state index contributed by atoms with van der Waals surface area (Å²) in [6.45, 7) is 3.83. The zero-order valence-electron chi connectivity index (χ0n) is 16.7. The summed E-state index contributed by atoms with van der Waals surface area (Å²) < 4.78 is 5.84. The maximum absolute atomic E-state index is 12.9. The first-order chi connectivity index (χ1) is 14.0. The van der Waals surface area contributed by atoms with E-state index in [1.807, 2.05) is 18.2 Å². The van der Waals surface area contributed by atoms with Gasteiger partial charge in [0.05, 0.1) is 17.5 Å². The van der Waals surface area contributed by atoms with Crippen LogP contribution in [0.25, 0.3) is 0 Å². The number of amides is 2. The number of benzene rings is 2. The van der Waals surface area contributed by atoms with Gasteiger partial charge in [-0.2, -0.15) is 0 Å². The fourth-order valence-electron chi connectivity index (χ4n) is 4.43. The molecular formula is C24H25NO4. The molecule has 0 radical (unpaired) electrons. The number of fused-ring (bicyclic) bond motifs is 1. The monoisotopic (exact) mass is 391 g/mol. The van der Waals surface area contributed by atoms with E-state index in [1.54, 1.807) is 43.3 Å². The molecule has 2 aromatic carbocycles. The van der Waals surface area contributed by atoms with E-state index in [2.05, 4.69) is 6.92 Å². The van der Waals surface area contributed by atoms with Crippen molar-refractivity contribution < 1.29 is 19.1 Å². The SMILES string of the molecule is C[C@H]1CC[C@@H]2C(=O)N(c3cccc(O[C@@H](C)C(=O)c4ccccc4)c3)C(=O)[C@@H]2C1. The number of carbonyl (C=O) groups is 3. The van der Waals surface area contributed by atoms with Crippen LogP contribution in [0.3, 0.4) is 0 Å². The van der Waals surface area contributed by atoms with Gasteiger partial charge in [0, 0.05) is 11.6 Å². The molecule has 2 aromatic rings. The molecule has 1 saturated heterocycles. The maximum atomic E-state index is 12.9. The van der Waals surface area contributed by atoms with Crippen LogP contribution in [0.5, 0.6) is 5.75 Å². The second kappa shape index (κ2) is 7.82.